The molecule has 1 saturated heterocycles. The van der Waals surface area contributed by atoms with E-state index in [1.165, 1.54) is 15.7 Å². The average molecular weight is 516 g/mol. The number of carbonyl (C=O) groups is 4. The number of para-hydroxylation sites is 1. The van der Waals surface area contributed by atoms with Gasteiger partial charge in [0, 0.05) is 43.3 Å². The molecule has 0 radical (unpaired) electrons. The van der Waals surface area contributed by atoms with Crippen LogP contribution in [0.4, 0.5) is 4.79 Å². The van der Waals surface area contributed by atoms with Crippen molar-refractivity contribution in [1.82, 2.24) is 14.4 Å². The molecule has 186 valence electrons. The quantitative estimate of drug-likeness (QED) is 0.295. The number of fused-ring (bicyclic) bond motifs is 1. The summed E-state index contributed by atoms with van der Waals surface area (Å²) in [4.78, 5) is 55.2. The summed E-state index contributed by atoms with van der Waals surface area (Å²) in [5.41, 5.74) is 0.935. The van der Waals surface area contributed by atoms with Gasteiger partial charge in [0.05, 0.1) is 16.1 Å². The smallest absolute Gasteiger partial charge is 0.410 e. The van der Waals surface area contributed by atoms with Crippen molar-refractivity contribution in [2.45, 2.75) is 0 Å². The van der Waals surface area contributed by atoms with Crippen LogP contribution < -0.4 is 4.74 Å². The summed E-state index contributed by atoms with van der Waals surface area (Å²) >= 11 is 6.40. The Morgan fingerprint density at radius 3 is 2.03 bits per heavy atom. The number of amides is 2. The summed E-state index contributed by atoms with van der Waals surface area (Å²) in [6.45, 7) is 1.04. The van der Waals surface area contributed by atoms with Crippen LogP contribution in [0.2, 0.25) is 5.02 Å². The van der Waals surface area contributed by atoms with Crippen LogP contribution in [0, 0.1) is 0 Å². The Labute approximate surface area is 217 Å². The first kappa shape index (κ1) is 24.3. The number of rotatable bonds is 4. The monoisotopic (exact) mass is 515 g/mol. The Kier molecular flexibility index (Phi) is 6.74. The van der Waals surface area contributed by atoms with Crippen LogP contribution in [0.5, 0.6) is 5.75 Å². The van der Waals surface area contributed by atoms with E-state index in [0.29, 0.717) is 35.3 Å². The largest absolute Gasteiger partial charge is 0.423 e. The van der Waals surface area contributed by atoms with Gasteiger partial charge in [-0.1, -0.05) is 54.1 Å². The molecule has 1 aliphatic heterocycles. The number of nitrogens with zero attached hydrogens (tertiary/aromatic N) is 3. The molecule has 0 spiro atoms. The lowest BCUT2D eigenvalue weighted by Crippen LogP contribution is -2.52. The summed E-state index contributed by atoms with van der Waals surface area (Å²) < 4.78 is 6.60. The molecule has 1 aromatic heterocycles. The number of carbonyl (C=O) groups excluding carboxylic acids is 4. The molecule has 0 unspecified atom stereocenters. The summed E-state index contributed by atoms with van der Waals surface area (Å²) in [5.74, 6) is -1.29. The zero-order valence-corrected chi connectivity index (χ0v) is 20.4. The van der Waals surface area contributed by atoms with Gasteiger partial charge < -0.3 is 14.5 Å². The van der Waals surface area contributed by atoms with E-state index in [0.717, 1.165) is 0 Å². The van der Waals surface area contributed by atoms with E-state index in [9.17, 15) is 19.2 Å². The molecule has 37 heavy (non-hydrogen) atoms. The Morgan fingerprint density at radius 2 is 1.35 bits per heavy atom. The van der Waals surface area contributed by atoms with E-state index in [4.69, 9.17) is 16.3 Å². The molecule has 0 atom stereocenters. The highest BCUT2D eigenvalue weighted by atomic mass is 35.5. The number of ketones is 1. The van der Waals surface area contributed by atoms with E-state index in [1.54, 1.807) is 77.7 Å². The van der Waals surface area contributed by atoms with Gasteiger partial charge in [-0.15, -0.1) is 0 Å². The number of Topliss-reactive ketones (excluding diaryl/α,β-unsaturated/α-hetero) is 1. The van der Waals surface area contributed by atoms with Crippen molar-refractivity contribution in [2.75, 3.05) is 26.2 Å². The van der Waals surface area contributed by atoms with Crippen molar-refractivity contribution in [3.8, 4) is 5.75 Å². The van der Waals surface area contributed by atoms with Gasteiger partial charge in [-0.3, -0.25) is 19.0 Å². The maximum atomic E-state index is 13.3. The Hall–Kier alpha value is -4.43. The van der Waals surface area contributed by atoms with Gasteiger partial charge in [-0.25, -0.2) is 4.79 Å². The second kappa shape index (κ2) is 10.3. The van der Waals surface area contributed by atoms with Crippen LogP contribution in [0.1, 0.15) is 20.7 Å². The molecule has 1 aliphatic rings. The minimum absolute atomic E-state index is 0.0124. The van der Waals surface area contributed by atoms with Crippen molar-refractivity contribution in [3.05, 3.63) is 101 Å². The third-order valence-electron chi connectivity index (χ3n) is 6.24. The molecule has 2 heterocycles. The number of aromatic nitrogens is 1. The first-order valence-corrected chi connectivity index (χ1v) is 12.1. The van der Waals surface area contributed by atoms with Crippen molar-refractivity contribution >= 4 is 46.2 Å². The molecule has 3 aromatic carbocycles. The van der Waals surface area contributed by atoms with Gasteiger partial charge in [0.15, 0.2) is 0 Å². The maximum Gasteiger partial charge on any atom is 0.423 e. The molecule has 2 amide bonds. The van der Waals surface area contributed by atoms with Gasteiger partial charge in [-0.2, -0.15) is 0 Å². The van der Waals surface area contributed by atoms with Crippen molar-refractivity contribution in [1.29, 1.82) is 0 Å². The molecule has 0 N–H and O–H groups in total. The molecule has 0 bridgehead atoms. The summed E-state index contributed by atoms with van der Waals surface area (Å²) in [7, 11) is 0. The van der Waals surface area contributed by atoms with Crippen molar-refractivity contribution < 1.29 is 23.9 Å². The van der Waals surface area contributed by atoms with Gasteiger partial charge in [-0.05, 0) is 36.4 Å². The highest BCUT2D eigenvalue weighted by molar-refractivity contribution is 6.47. The summed E-state index contributed by atoms with van der Waals surface area (Å²) in [5, 5.41) is 0.531. The Morgan fingerprint density at radius 1 is 0.730 bits per heavy atom. The fraction of sp³-hybridized carbons (Fsp3) is 0.143. The van der Waals surface area contributed by atoms with Crippen LogP contribution in [0.15, 0.2) is 85.1 Å². The zero-order valence-electron chi connectivity index (χ0n) is 19.7. The first-order chi connectivity index (χ1) is 17.9. The van der Waals surface area contributed by atoms with Gasteiger partial charge in [0.25, 0.3) is 17.6 Å². The molecule has 1 fully saturated rings. The van der Waals surface area contributed by atoms with Crippen molar-refractivity contribution in [2.24, 2.45) is 0 Å². The molecule has 9 heteroatoms. The fourth-order valence-electron chi connectivity index (χ4n) is 4.34. The van der Waals surface area contributed by atoms with Crippen molar-refractivity contribution in [3.63, 3.8) is 0 Å². The Balaban J connectivity index is 1.35. The van der Waals surface area contributed by atoms with Gasteiger partial charge in [0.1, 0.15) is 5.75 Å². The second-order valence-electron chi connectivity index (χ2n) is 8.51. The maximum absolute atomic E-state index is 13.3. The number of piperazine rings is 1. The molecular weight excluding hydrogens is 494 g/mol. The van der Waals surface area contributed by atoms with E-state index < -0.39 is 17.8 Å². The number of benzene rings is 3. The number of halogens is 1. The minimum atomic E-state index is -0.785. The minimum Gasteiger partial charge on any atom is -0.410 e. The lowest BCUT2D eigenvalue weighted by atomic mass is 10.1. The number of ether oxygens (including phenoxy) is 1. The third-order valence-corrected chi connectivity index (χ3v) is 6.55. The van der Waals surface area contributed by atoms with Crippen LogP contribution in [-0.4, -0.2) is 64.2 Å². The average Bonchev–Trinajstić information content (AvgIpc) is 3.34. The molecule has 8 nitrogen and oxygen atoms in total. The topological polar surface area (TPSA) is 88.9 Å². The zero-order chi connectivity index (χ0) is 25.9. The van der Waals surface area contributed by atoms with Gasteiger partial charge >= 0.3 is 6.09 Å². The molecular formula is C28H22ClN3O5. The van der Waals surface area contributed by atoms with E-state index in [2.05, 4.69) is 0 Å². The van der Waals surface area contributed by atoms with Crippen LogP contribution >= 0.6 is 11.6 Å². The lowest BCUT2D eigenvalue weighted by molar-refractivity contribution is -0.127. The molecule has 0 saturated carbocycles. The fourth-order valence-corrected chi connectivity index (χ4v) is 4.61. The highest BCUT2D eigenvalue weighted by Gasteiger charge is 2.31. The van der Waals surface area contributed by atoms with E-state index in [-0.39, 0.29) is 29.6 Å². The highest BCUT2D eigenvalue weighted by Crippen LogP contribution is 2.30. The van der Waals surface area contributed by atoms with E-state index >= 15 is 0 Å². The normalized spacial score (nSPS) is 13.4. The van der Waals surface area contributed by atoms with Crippen LogP contribution in [0.3, 0.4) is 0 Å². The molecule has 5 rings (SSSR count). The third kappa shape index (κ3) is 4.83. The molecule has 4 aromatic rings. The predicted octanol–water partition coefficient (Wildman–Crippen LogP) is 4.51. The molecule has 0 aliphatic carbocycles. The first-order valence-electron chi connectivity index (χ1n) is 11.7. The van der Waals surface area contributed by atoms with Gasteiger partial charge in [0.2, 0.25) is 0 Å². The Bertz CT molecular complexity index is 1490. The lowest BCUT2D eigenvalue weighted by Gasteiger charge is -2.34. The van der Waals surface area contributed by atoms with Crippen LogP contribution in [0.25, 0.3) is 10.9 Å². The standard InChI is InChI=1S/C28H22ClN3O5/c29-22-12-7-13-23-24(22)21(18-32(23)28(36)37-20-10-5-2-6-11-20)25(33)27(35)31-16-14-30(15-17-31)26(34)19-8-3-1-4-9-19/h1-13,18H,14-17H2. The van der Waals surface area contributed by atoms with E-state index in [1.807, 2.05) is 6.07 Å². The summed E-state index contributed by atoms with van der Waals surface area (Å²) in [6, 6.07) is 22.3. The SMILES string of the molecule is O=C(C(=O)N1CCN(C(=O)c2ccccc2)CC1)c1cn(C(=O)Oc2ccccc2)c2cccc(Cl)c12. The summed E-state index contributed by atoms with van der Waals surface area (Å²) in [6.07, 6.45) is 0.551. The predicted molar refractivity (Wildman–Crippen MR) is 138 cm³/mol. The number of hydrogen-bond donors (Lipinski definition) is 0. The van der Waals surface area contributed by atoms with Crippen LogP contribution in [-0.2, 0) is 4.79 Å². The number of hydrogen-bond acceptors (Lipinski definition) is 5. The second-order valence-corrected chi connectivity index (χ2v) is 8.91.